The Morgan fingerprint density at radius 2 is 1.95 bits per heavy atom. The summed E-state index contributed by atoms with van der Waals surface area (Å²) in [6.45, 7) is 0.130. The fourth-order valence-electron chi connectivity index (χ4n) is 2.66. The molecule has 0 saturated carbocycles. The first kappa shape index (κ1) is 12.3. The SMILES string of the molecule is O=C1c2c(O)cccc2C(=O)C2C1NCCS2(=O)=O. The lowest BCUT2D eigenvalue weighted by atomic mass is 9.85. The molecule has 2 unspecified atom stereocenters. The lowest BCUT2D eigenvalue weighted by molar-refractivity contribution is 0.0847. The number of hydrogen-bond donors (Lipinski definition) is 2. The van der Waals surface area contributed by atoms with Gasteiger partial charge in [0.15, 0.2) is 21.4 Å². The van der Waals surface area contributed by atoms with Gasteiger partial charge in [-0.2, -0.15) is 0 Å². The third kappa shape index (κ3) is 1.62. The monoisotopic (exact) mass is 281 g/mol. The summed E-state index contributed by atoms with van der Waals surface area (Å²) in [5.41, 5.74) is -0.100. The standard InChI is InChI=1S/C12H11NO5S/c14-7-3-1-2-6-8(7)11(16)9-12(10(6)15)19(17,18)5-4-13-9/h1-3,9,12-14H,4-5H2. The number of phenolic OH excluding ortho intramolecular Hbond substituents is 1. The van der Waals surface area contributed by atoms with Gasteiger partial charge in [-0.05, 0) is 6.07 Å². The predicted octanol–water partition coefficient (Wildman–Crippen LogP) is -0.474. The summed E-state index contributed by atoms with van der Waals surface area (Å²) in [5.74, 6) is -1.62. The number of phenols is 1. The van der Waals surface area contributed by atoms with Gasteiger partial charge in [0.05, 0.1) is 17.4 Å². The first-order chi connectivity index (χ1) is 8.93. The van der Waals surface area contributed by atoms with E-state index in [9.17, 15) is 23.1 Å². The Bertz CT molecular complexity index is 694. The summed E-state index contributed by atoms with van der Waals surface area (Å²) in [6, 6.07) is 3.01. The van der Waals surface area contributed by atoms with Gasteiger partial charge in [0.1, 0.15) is 11.0 Å². The van der Waals surface area contributed by atoms with Crippen molar-refractivity contribution in [2.45, 2.75) is 11.3 Å². The first-order valence-corrected chi connectivity index (χ1v) is 7.50. The Morgan fingerprint density at radius 1 is 1.21 bits per heavy atom. The first-order valence-electron chi connectivity index (χ1n) is 5.79. The van der Waals surface area contributed by atoms with E-state index in [1.165, 1.54) is 18.2 Å². The summed E-state index contributed by atoms with van der Waals surface area (Å²) in [4.78, 5) is 24.5. The largest absolute Gasteiger partial charge is 0.507 e. The zero-order valence-electron chi connectivity index (χ0n) is 9.79. The van der Waals surface area contributed by atoms with Crippen molar-refractivity contribution in [1.82, 2.24) is 5.32 Å². The number of ketones is 2. The number of benzene rings is 1. The maximum atomic E-state index is 12.3. The zero-order chi connectivity index (χ0) is 13.8. The van der Waals surface area contributed by atoms with E-state index >= 15 is 0 Å². The van der Waals surface area contributed by atoms with Crippen LogP contribution in [0.1, 0.15) is 20.7 Å². The molecule has 0 bridgehead atoms. The number of Topliss-reactive ketones (excluding diaryl/α,β-unsaturated/α-hetero) is 2. The van der Waals surface area contributed by atoms with Gasteiger partial charge in [-0.1, -0.05) is 12.1 Å². The molecule has 0 aromatic heterocycles. The Hall–Kier alpha value is -1.73. The molecule has 1 aliphatic heterocycles. The summed E-state index contributed by atoms with van der Waals surface area (Å²) in [6.07, 6.45) is 0. The lowest BCUT2D eigenvalue weighted by Crippen LogP contribution is -2.61. The number of carbonyl (C=O) groups is 2. The smallest absolute Gasteiger partial charge is 0.185 e. The van der Waals surface area contributed by atoms with Crippen LogP contribution in [0.4, 0.5) is 0 Å². The minimum atomic E-state index is -3.64. The fourth-order valence-corrected chi connectivity index (χ4v) is 4.40. The number of fused-ring (bicyclic) bond motifs is 2. The number of sulfone groups is 1. The normalized spacial score (nSPS) is 28.6. The molecule has 1 aliphatic carbocycles. The molecule has 1 heterocycles. The molecule has 100 valence electrons. The molecular formula is C12H11NO5S. The minimum absolute atomic E-state index is 0.0153. The van der Waals surface area contributed by atoms with E-state index in [0.29, 0.717) is 0 Å². The second-order valence-corrected chi connectivity index (χ2v) is 6.89. The number of carbonyl (C=O) groups excluding carboxylic acids is 2. The van der Waals surface area contributed by atoms with Gasteiger partial charge < -0.3 is 10.4 Å². The molecule has 2 aliphatic rings. The van der Waals surface area contributed by atoms with Crippen molar-refractivity contribution in [3.05, 3.63) is 29.3 Å². The molecule has 1 aromatic rings. The van der Waals surface area contributed by atoms with E-state index in [1.54, 1.807) is 0 Å². The van der Waals surface area contributed by atoms with Crippen LogP contribution in [0.25, 0.3) is 0 Å². The highest BCUT2D eigenvalue weighted by molar-refractivity contribution is 7.93. The highest BCUT2D eigenvalue weighted by atomic mass is 32.2. The van der Waals surface area contributed by atoms with Crippen molar-refractivity contribution in [2.75, 3.05) is 12.3 Å². The Balaban J connectivity index is 2.26. The van der Waals surface area contributed by atoms with Crippen LogP contribution in [0.15, 0.2) is 18.2 Å². The van der Waals surface area contributed by atoms with E-state index < -0.39 is 32.7 Å². The molecule has 1 aromatic carbocycles. The minimum Gasteiger partial charge on any atom is -0.507 e. The van der Waals surface area contributed by atoms with E-state index in [0.717, 1.165) is 0 Å². The molecule has 1 saturated heterocycles. The van der Waals surface area contributed by atoms with Gasteiger partial charge >= 0.3 is 0 Å². The summed E-state index contributed by atoms with van der Waals surface area (Å²) >= 11 is 0. The molecule has 2 atom stereocenters. The Labute approximate surface area is 109 Å². The van der Waals surface area contributed by atoms with E-state index in [2.05, 4.69) is 5.32 Å². The number of nitrogens with one attached hydrogen (secondary N) is 1. The van der Waals surface area contributed by atoms with Gasteiger partial charge in [-0.3, -0.25) is 9.59 Å². The zero-order valence-corrected chi connectivity index (χ0v) is 10.6. The van der Waals surface area contributed by atoms with Crippen molar-refractivity contribution in [2.24, 2.45) is 0 Å². The quantitative estimate of drug-likeness (QED) is 0.666. The van der Waals surface area contributed by atoms with Crippen molar-refractivity contribution >= 4 is 21.4 Å². The molecular weight excluding hydrogens is 270 g/mol. The topological polar surface area (TPSA) is 101 Å². The van der Waals surface area contributed by atoms with Crippen molar-refractivity contribution in [3.63, 3.8) is 0 Å². The maximum Gasteiger partial charge on any atom is 0.185 e. The predicted molar refractivity (Wildman–Crippen MR) is 66.1 cm³/mol. The molecule has 0 spiro atoms. The third-order valence-corrected chi connectivity index (χ3v) is 5.57. The maximum absolute atomic E-state index is 12.3. The highest BCUT2D eigenvalue weighted by Gasteiger charge is 2.51. The van der Waals surface area contributed by atoms with Crippen LogP contribution in [0.5, 0.6) is 5.75 Å². The number of hydrogen-bond acceptors (Lipinski definition) is 6. The summed E-state index contributed by atoms with van der Waals surface area (Å²) in [5, 5.41) is 11.1. The Morgan fingerprint density at radius 3 is 2.68 bits per heavy atom. The van der Waals surface area contributed by atoms with Gasteiger partial charge in [-0.25, -0.2) is 8.42 Å². The van der Waals surface area contributed by atoms with Crippen LogP contribution in [-0.4, -0.2) is 48.7 Å². The summed E-state index contributed by atoms with van der Waals surface area (Å²) < 4.78 is 24.0. The Kier molecular flexibility index (Phi) is 2.51. The van der Waals surface area contributed by atoms with Gasteiger partial charge in [0, 0.05) is 12.1 Å². The lowest BCUT2D eigenvalue weighted by Gasteiger charge is -2.34. The molecule has 2 N–H and O–H groups in total. The second-order valence-electron chi connectivity index (χ2n) is 4.65. The van der Waals surface area contributed by atoms with Crippen molar-refractivity contribution < 1.29 is 23.1 Å². The number of rotatable bonds is 0. The van der Waals surface area contributed by atoms with Crippen LogP contribution in [-0.2, 0) is 9.84 Å². The third-order valence-electron chi connectivity index (χ3n) is 3.54. The average Bonchev–Trinajstić information content (AvgIpc) is 2.34. The van der Waals surface area contributed by atoms with E-state index in [-0.39, 0.29) is 29.2 Å². The molecule has 19 heavy (non-hydrogen) atoms. The van der Waals surface area contributed by atoms with Crippen molar-refractivity contribution in [1.29, 1.82) is 0 Å². The molecule has 1 fully saturated rings. The average molecular weight is 281 g/mol. The van der Waals surface area contributed by atoms with Gasteiger partial charge in [0.2, 0.25) is 0 Å². The molecule has 7 heteroatoms. The van der Waals surface area contributed by atoms with Crippen molar-refractivity contribution in [3.8, 4) is 5.75 Å². The van der Waals surface area contributed by atoms with Crippen LogP contribution >= 0.6 is 0 Å². The van der Waals surface area contributed by atoms with E-state index in [4.69, 9.17) is 0 Å². The van der Waals surface area contributed by atoms with Crippen LogP contribution in [0, 0.1) is 0 Å². The molecule has 0 radical (unpaired) electrons. The van der Waals surface area contributed by atoms with Gasteiger partial charge in [-0.15, -0.1) is 0 Å². The highest BCUT2D eigenvalue weighted by Crippen LogP contribution is 2.32. The molecule has 6 nitrogen and oxygen atoms in total. The second kappa shape index (κ2) is 3.88. The van der Waals surface area contributed by atoms with Crippen LogP contribution < -0.4 is 5.32 Å². The number of aromatic hydroxyl groups is 1. The van der Waals surface area contributed by atoms with Crippen LogP contribution in [0.3, 0.4) is 0 Å². The molecule has 0 amide bonds. The molecule has 3 rings (SSSR count). The van der Waals surface area contributed by atoms with Crippen LogP contribution in [0.2, 0.25) is 0 Å². The summed E-state index contributed by atoms with van der Waals surface area (Å²) in [7, 11) is -3.64. The fraction of sp³-hybridized carbons (Fsp3) is 0.333. The van der Waals surface area contributed by atoms with Gasteiger partial charge in [0.25, 0.3) is 0 Å². The van der Waals surface area contributed by atoms with E-state index in [1.807, 2.05) is 0 Å².